The lowest BCUT2D eigenvalue weighted by Crippen LogP contribution is -1.97. The molecule has 3 aromatic heterocycles. The van der Waals surface area contributed by atoms with Crippen LogP contribution in [0.1, 0.15) is 0 Å². The molecule has 0 spiro atoms. The zero-order chi connectivity index (χ0) is 33.0. The van der Waals surface area contributed by atoms with Gasteiger partial charge in [0.15, 0.2) is 0 Å². The van der Waals surface area contributed by atoms with Gasteiger partial charge < -0.3 is 8.98 Å². The largest absolute Gasteiger partial charge is 0.455 e. The standard InChI is InChI=1S/C47H30N2O/c1-3-14-31(15-4-1)32-16-11-17-33(28-32)42-29-34(36-22-12-24-40-38-21-8-10-27-45(38)50-47(36)40)30-43(48-42)41-25-13-23-39-37-20-7-9-26-44(37)49(46(39)41)35-18-5-2-6-19-35/h1-30H. The van der Waals surface area contributed by atoms with Crippen molar-refractivity contribution >= 4 is 43.7 Å². The predicted octanol–water partition coefficient (Wildman–Crippen LogP) is 12.7. The van der Waals surface area contributed by atoms with Gasteiger partial charge in [-0.25, -0.2) is 4.98 Å². The van der Waals surface area contributed by atoms with Crippen LogP contribution < -0.4 is 0 Å². The molecule has 0 aliphatic rings. The molecule has 0 amide bonds. The molecule has 0 saturated carbocycles. The van der Waals surface area contributed by atoms with E-state index in [1.165, 1.54) is 21.9 Å². The predicted molar refractivity (Wildman–Crippen MR) is 208 cm³/mol. The first-order chi connectivity index (χ1) is 24.8. The fraction of sp³-hybridized carbons (Fsp3) is 0. The van der Waals surface area contributed by atoms with Crippen LogP contribution >= 0.6 is 0 Å². The number of para-hydroxylation sites is 5. The van der Waals surface area contributed by atoms with Crippen LogP contribution in [0.3, 0.4) is 0 Å². The summed E-state index contributed by atoms with van der Waals surface area (Å²) in [6.45, 7) is 0. The minimum absolute atomic E-state index is 0.881. The third kappa shape index (κ3) is 4.56. The van der Waals surface area contributed by atoms with Gasteiger partial charge in [-0.3, -0.25) is 0 Å². The summed E-state index contributed by atoms with van der Waals surface area (Å²) in [4.78, 5) is 5.47. The van der Waals surface area contributed by atoms with Crippen molar-refractivity contribution in [1.29, 1.82) is 0 Å². The summed E-state index contributed by atoms with van der Waals surface area (Å²) in [5, 5.41) is 4.63. The molecule has 10 aromatic rings. The van der Waals surface area contributed by atoms with E-state index >= 15 is 0 Å². The number of pyridine rings is 1. The maximum absolute atomic E-state index is 6.57. The van der Waals surface area contributed by atoms with E-state index in [1.54, 1.807) is 0 Å². The van der Waals surface area contributed by atoms with Crippen molar-refractivity contribution in [2.24, 2.45) is 0 Å². The Bertz CT molecular complexity index is 2860. The van der Waals surface area contributed by atoms with Crippen molar-refractivity contribution in [2.45, 2.75) is 0 Å². The highest BCUT2D eigenvalue weighted by atomic mass is 16.3. The second kappa shape index (κ2) is 11.5. The van der Waals surface area contributed by atoms with Gasteiger partial charge in [0.1, 0.15) is 11.2 Å². The van der Waals surface area contributed by atoms with Gasteiger partial charge in [-0.1, -0.05) is 140 Å². The minimum atomic E-state index is 0.881. The number of benzene rings is 7. The van der Waals surface area contributed by atoms with Gasteiger partial charge in [-0.2, -0.15) is 0 Å². The van der Waals surface area contributed by atoms with Crippen LogP contribution in [0.15, 0.2) is 186 Å². The molecular formula is C47H30N2O. The van der Waals surface area contributed by atoms with E-state index in [4.69, 9.17) is 9.40 Å². The first kappa shape index (κ1) is 28.3. The number of rotatable bonds is 5. The molecule has 0 radical (unpaired) electrons. The van der Waals surface area contributed by atoms with E-state index in [-0.39, 0.29) is 0 Å². The van der Waals surface area contributed by atoms with Crippen LogP contribution in [0.4, 0.5) is 0 Å². The average molecular weight is 639 g/mol. The first-order valence-electron chi connectivity index (χ1n) is 17.0. The van der Waals surface area contributed by atoms with Crippen LogP contribution in [0, 0.1) is 0 Å². The smallest absolute Gasteiger partial charge is 0.143 e. The van der Waals surface area contributed by atoms with Crippen LogP contribution in [0.5, 0.6) is 0 Å². The van der Waals surface area contributed by atoms with E-state index in [0.29, 0.717) is 0 Å². The Kier molecular flexibility index (Phi) is 6.49. The molecule has 10 rings (SSSR count). The van der Waals surface area contributed by atoms with Crippen molar-refractivity contribution in [3.8, 4) is 50.5 Å². The van der Waals surface area contributed by atoms with Gasteiger partial charge in [-0.05, 0) is 59.2 Å². The third-order valence-electron chi connectivity index (χ3n) is 9.79. The molecule has 3 heteroatoms. The van der Waals surface area contributed by atoms with E-state index in [1.807, 2.05) is 12.1 Å². The van der Waals surface area contributed by atoms with Gasteiger partial charge in [0.25, 0.3) is 0 Å². The van der Waals surface area contributed by atoms with Crippen LogP contribution in [0.25, 0.3) is 94.2 Å². The summed E-state index contributed by atoms with van der Waals surface area (Å²) in [5.74, 6) is 0. The number of hydrogen-bond donors (Lipinski definition) is 0. The Balaban J connectivity index is 1.27. The molecule has 0 saturated heterocycles. The summed E-state index contributed by atoms with van der Waals surface area (Å²) >= 11 is 0. The number of hydrogen-bond acceptors (Lipinski definition) is 2. The van der Waals surface area contributed by atoms with Gasteiger partial charge in [0, 0.05) is 43.9 Å². The molecule has 50 heavy (non-hydrogen) atoms. The molecule has 3 nitrogen and oxygen atoms in total. The monoisotopic (exact) mass is 638 g/mol. The molecule has 0 aliphatic carbocycles. The molecule has 0 bridgehead atoms. The van der Waals surface area contributed by atoms with Gasteiger partial charge >= 0.3 is 0 Å². The topological polar surface area (TPSA) is 31.0 Å². The highest BCUT2D eigenvalue weighted by Crippen LogP contribution is 2.42. The summed E-state index contributed by atoms with van der Waals surface area (Å²) in [6.07, 6.45) is 0. The van der Waals surface area contributed by atoms with Crippen molar-refractivity contribution < 1.29 is 4.42 Å². The summed E-state index contributed by atoms with van der Waals surface area (Å²) < 4.78 is 8.95. The zero-order valence-corrected chi connectivity index (χ0v) is 27.1. The van der Waals surface area contributed by atoms with E-state index < -0.39 is 0 Å². The maximum atomic E-state index is 6.57. The molecule has 234 valence electrons. The van der Waals surface area contributed by atoms with Crippen LogP contribution in [0.2, 0.25) is 0 Å². The highest BCUT2D eigenvalue weighted by molar-refractivity contribution is 6.14. The van der Waals surface area contributed by atoms with E-state index in [0.717, 1.165) is 72.3 Å². The Labute approximate surface area is 289 Å². The molecule has 3 heterocycles. The first-order valence-corrected chi connectivity index (χ1v) is 17.0. The summed E-state index contributed by atoms with van der Waals surface area (Å²) in [7, 11) is 0. The average Bonchev–Trinajstić information content (AvgIpc) is 3.75. The maximum Gasteiger partial charge on any atom is 0.143 e. The van der Waals surface area contributed by atoms with Gasteiger partial charge in [0.2, 0.25) is 0 Å². The van der Waals surface area contributed by atoms with Crippen LogP contribution in [-0.2, 0) is 0 Å². The van der Waals surface area contributed by atoms with E-state index in [2.05, 4.69) is 174 Å². The van der Waals surface area contributed by atoms with Crippen molar-refractivity contribution in [2.75, 3.05) is 0 Å². The molecule has 7 aromatic carbocycles. The lowest BCUT2D eigenvalue weighted by atomic mass is 9.96. The Morgan fingerprint density at radius 1 is 0.400 bits per heavy atom. The molecule has 0 aliphatic heterocycles. The molecular weight excluding hydrogens is 609 g/mol. The zero-order valence-electron chi connectivity index (χ0n) is 27.1. The third-order valence-corrected chi connectivity index (χ3v) is 9.79. The molecule has 0 atom stereocenters. The normalized spacial score (nSPS) is 11.6. The van der Waals surface area contributed by atoms with Gasteiger partial charge in [0.05, 0.1) is 22.4 Å². The highest BCUT2D eigenvalue weighted by Gasteiger charge is 2.20. The van der Waals surface area contributed by atoms with E-state index in [9.17, 15) is 0 Å². The second-order valence-electron chi connectivity index (χ2n) is 12.7. The summed E-state index contributed by atoms with van der Waals surface area (Å²) in [6, 6.07) is 64.2. The molecule has 0 unspecified atom stereocenters. The number of furan rings is 1. The fourth-order valence-electron chi connectivity index (χ4n) is 7.51. The lowest BCUT2D eigenvalue weighted by Gasteiger charge is -2.14. The van der Waals surface area contributed by atoms with Crippen LogP contribution in [-0.4, -0.2) is 9.55 Å². The number of fused-ring (bicyclic) bond motifs is 6. The Hall–Kier alpha value is -6.71. The fourth-order valence-corrected chi connectivity index (χ4v) is 7.51. The lowest BCUT2D eigenvalue weighted by molar-refractivity contribution is 0.670. The number of nitrogens with zero attached hydrogens (tertiary/aromatic N) is 2. The SMILES string of the molecule is c1ccc(-c2cccc(-c3cc(-c4cccc5c4oc4ccccc45)cc(-c4cccc5c6ccccc6n(-c6ccccc6)c45)n3)c2)cc1. The minimum Gasteiger partial charge on any atom is -0.455 e. The molecule has 0 N–H and O–H groups in total. The Morgan fingerprint density at radius 3 is 1.88 bits per heavy atom. The van der Waals surface area contributed by atoms with Crippen molar-refractivity contribution in [3.05, 3.63) is 182 Å². The summed E-state index contributed by atoms with van der Waals surface area (Å²) in [5.41, 5.74) is 13.5. The quantitative estimate of drug-likeness (QED) is 0.188. The van der Waals surface area contributed by atoms with Crippen molar-refractivity contribution in [3.63, 3.8) is 0 Å². The number of aromatic nitrogens is 2. The van der Waals surface area contributed by atoms with Gasteiger partial charge in [-0.15, -0.1) is 0 Å². The molecule has 0 fully saturated rings. The Morgan fingerprint density at radius 2 is 1.02 bits per heavy atom. The second-order valence-corrected chi connectivity index (χ2v) is 12.7. The van der Waals surface area contributed by atoms with Crippen molar-refractivity contribution in [1.82, 2.24) is 9.55 Å².